The van der Waals surface area contributed by atoms with Gasteiger partial charge >= 0.3 is 0 Å². The molecule has 3 aromatic carbocycles. The Bertz CT molecular complexity index is 1260. The fourth-order valence-electron chi connectivity index (χ4n) is 3.45. The van der Waals surface area contributed by atoms with Gasteiger partial charge in [0.05, 0.1) is 30.8 Å². The van der Waals surface area contributed by atoms with Crippen molar-refractivity contribution in [1.29, 1.82) is 0 Å². The number of ether oxygens (including phenoxy) is 2. The van der Waals surface area contributed by atoms with Crippen LogP contribution in [0.1, 0.15) is 24.1 Å². The molecule has 34 heavy (non-hydrogen) atoms. The predicted octanol–water partition coefficient (Wildman–Crippen LogP) is 4.74. The van der Waals surface area contributed by atoms with Crippen molar-refractivity contribution in [2.45, 2.75) is 24.8 Å². The van der Waals surface area contributed by atoms with Gasteiger partial charge in [-0.3, -0.25) is 9.10 Å². The molecule has 9 heteroatoms. The number of hydrogen-bond donors (Lipinski definition) is 1. The molecule has 3 aromatic rings. The number of benzene rings is 3. The Morgan fingerprint density at radius 1 is 1.00 bits per heavy atom. The first-order valence-electron chi connectivity index (χ1n) is 10.5. The molecule has 0 aliphatic heterocycles. The number of rotatable bonds is 9. The number of nitrogens with one attached hydrogen (secondary N) is 1. The summed E-state index contributed by atoms with van der Waals surface area (Å²) in [6.45, 7) is 3.27. The predicted molar refractivity (Wildman–Crippen MR) is 133 cm³/mol. The van der Waals surface area contributed by atoms with E-state index >= 15 is 0 Å². The van der Waals surface area contributed by atoms with Crippen LogP contribution in [-0.2, 0) is 14.8 Å². The van der Waals surface area contributed by atoms with Crippen LogP contribution in [-0.4, -0.2) is 35.1 Å². The number of sulfonamides is 1. The van der Waals surface area contributed by atoms with E-state index in [9.17, 15) is 13.2 Å². The second-order valence-electron chi connectivity index (χ2n) is 7.71. The Hall–Kier alpha value is -3.23. The van der Waals surface area contributed by atoms with Gasteiger partial charge in [0.2, 0.25) is 5.91 Å². The zero-order valence-corrected chi connectivity index (χ0v) is 21.0. The molecular formula is C25H27ClN2O5S. The minimum atomic E-state index is -4.03. The third kappa shape index (κ3) is 5.81. The van der Waals surface area contributed by atoms with E-state index in [2.05, 4.69) is 5.32 Å². The van der Waals surface area contributed by atoms with Crippen molar-refractivity contribution in [3.8, 4) is 11.5 Å². The van der Waals surface area contributed by atoms with Gasteiger partial charge in [0.1, 0.15) is 6.54 Å². The molecule has 0 radical (unpaired) electrons. The van der Waals surface area contributed by atoms with Gasteiger partial charge in [-0.1, -0.05) is 29.8 Å². The third-order valence-electron chi connectivity index (χ3n) is 5.26. The van der Waals surface area contributed by atoms with Crippen LogP contribution in [0.4, 0.5) is 5.69 Å². The number of amides is 1. The molecule has 7 nitrogen and oxygen atoms in total. The topological polar surface area (TPSA) is 84.9 Å². The van der Waals surface area contributed by atoms with Crippen molar-refractivity contribution < 1.29 is 22.7 Å². The summed E-state index contributed by atoms with van der Waals surface area (Å²) in [7, 11) is -0.946. The average Bonchev–Trinajstić information content (AvgIpc) is 2.82. The quantitative estimate of drug-likeness (QED) is 0.457. The second-order valence-corrected chi connectivity index (χ2v) is 10.0. The van der Waals surface area contributed by atoms with Gasteiger partial charge in [0.25, 0.3) is 10.0 Å². The van der Waals surface area contributed by atoms with Gasteiger partial charge in [0, 0.05) is 5.02 Å². The molecule has 0 spiro atoms. The molecule has 1 amide bonds. The third-order valence-corrected chi connectivity index (χ3v) is 7.30. The van der Waals surface area contributed by atoms with Crippen LogP contribution in [0, 0.1) is 6.92 Å². The maximum Gasteiger partial charge on any atom is 0.264 e. The summed E-state index contributed by atoms with van der Waals surface area (Å²) >= 11 is 5.93. The maximum absolute atomic E-state index is 13.5. The van der Waals surface area contributed by atoms with Crippen LogP contribution in [0.3, 0.4) is 0 Å². The molecule has 0 heterocycles. The number of aryl methyl sites for hydroxylation is 1. The number of hydrogen-bond acceptors (Lipinski definition) is 5. The highest BCUT2D eigenvalue weighted by atomic mass is 35.5. The van der Waals surface area contributed by atoms with Crippen LogP contribution >= 0.6 is 11.6 Å². The highest BCUT2D eigenvalue weighted by Gasteiger charge is 2.28. The summed E-state index contributed by atoms with van der Waals surface area (Å²) in [5.41, 5.74) is 2.05. The summed E-state index contributed by atoms with van der Waals surface area (Å²) < 4.78 is 38.6. The van der Waals surface area contributed by atoms with E-state index in [1.54, 1.807) is 37.4 Å². The highest BCUT2D eigenvalue weighted by Crippen LogP contribution is 2.30. The molecule has 0 aromatic heterocycles. The Kier molecular flexibility index (Phi) is 8.06. The molecule has 0 unspecified atom stereocenters. The van der Waals surface area contributed by atoms with Crippen molar-refractivity contribution >= 4 is 33.2 Å². The Labute approximate surface area is 205 Å². The van der Waals surface area contributed by atoms with E-state index in [1.165, 1.54) is 31.4 Å². The fourth-order valence-corrected chi connectivity index (χ4v) is 4.99. The normalized spacial score (nSPS) is 12.0. The minimum absolute atomic E-state index is 0.0409. The summed E-state index contributed by atoms with van der Waals surface area (Å²) in [6.07, 6.45) is 0. The van der Waals surface area contributed by atoms with Crippen molar-refractivity contribution in [1.82, 2.24) is 5.32 Å². The van der Waals surface area contributed by atoms with Gasteiger partial charge < -0.3 is 14.8 Å². The molecule has 0 aliphatic carbocycles. The number of methoxy groups -OCH3 is 2. The second kappa shape index (κ2) is 10.8. The van der Waals surface area contributed by atoms with Crippen molar-refractivity contribution in [3.05, 3.63) is 82.9 Å². The lowest BCUT2D eigenvalue weighted by Gasteiger charge is -2.25. The van der Waals surface area contributed by atoms with E-state index in [0.717, 1.165) is 15.4 Å². The first-order valence-corrected chi connectivity index (χ1v) is 12.3. The molecular weight excluding hydrogens is 476 g/mol. The maximum atomic E-state index is 13.5. The van der Waals surface area contributed by atoms with Gasteiger partial charge in [-0.15, -0.1) is 0 Å². The van der Waals surface area contributed by atoms with Crippen LogP contribution in [0.5, 0.6) is 11.5 Å². The van der Waals surface area contributed by atoms with Crippen molar-refractivity contribution in [3.63, 3.8) is 0 Å². The van der Waals surface area contributed by atoms with E-state index in [0.29, 0.717) is 22.2 Å². The van der Waals surface area contributed by atoms with E-state index in [-0.39, 0.29) is 4.90 Å². The summed E-state index contributed by atoms with van der Waals surface area (Å²) in [4.78, 5) is 13.1. The molecule has 1 atom stereocenters. The van der Waals surface area contributed by atoms with Crippen LogP contribution in [0.15, 0.2) is 71.6 Å². The van der Waals surface area contributed by atoms with Crippen molar-refractivity contribution in [2.24, 2.45) is 0 Å². The molecule has 0 aliphatic rings. The lowest BCUT2D eigenvalue weighted by molar-refractivity contribution is -0.120. The van der Waals surface area contributed by atoms with Crippen LogP contribution < -0.4 is 19.1 Å². The molecule has 0 bridgehead atoms. The SMILES string of the molecule is COc1ccc([C@H](C)NC(=O)CN(c2cccc(C)c2)S(=O)(=O)c2ccc(Cl)cc2)cc1OC. The number of carbonyl (C=O) groups is 1. The molecule has 3 rings (SSSR count). The van der Waals surface area contributed by atoms with E-state index in [1.807, 2.05) is 26.0 Å². The number of halogens is 1. The van der Waals surface area contributed by atoms with Crippen LogP contribution in [0.2, 0.25) is 5.02 Å². The molecule has 180 valence electrons. The first kappa shape index (κ1) is 25.4. The van der Waals surface area contributed by atoms with Gasteiger partial charge in [0.15, 0.2) is 11.5 Å². The molecule has 0 saturated heterocycles. The fraction of sp³-hybridized carbons (Fsp3) is 0.240. The zero-order chi connectivity index (χ0) is 24.9. The standard InChI is InChI=1S/C25H27ClN2O5S/c1-17-6-5-7-21(14-17)28(34(30,31)22-11-9-20(26)10-12-22)16-25(29)27-18(2)19-8-13-23(32-3)24(15-19)33-4/h5-15,18H,16H2,1-4H3,(H,27,29)/t18-/m0/s1. The number of carbonyl (C=O) groups excluding carboxylic acids is 1. The summed E-state index contributed by atoms with van der Waals surface area (Å²) in [6, 6.07) is 17.8. The zero-order valence-electron chi connectivity index (χ0n) is 19.4. The van der Waals surface area contributed by atoms with E-state index in [4.69, 9.17) is 21.1 Å². The Morgan fingerprint density at radius 2 is 1.68 bits per heavy atom. The molecule has 1 N–H and O–H groups in total. The van der Waals surface area contributed by atoms with E-state index < -0.39 is 28.5 Å². The lowest BCUT2D eigenvalue weighted by Crippen LogP contribution is -2.41. The largest absolute Gasteiger partial charge is 0.493 e. The minimum Gasteiger partial charge on any atom is -0.493 e. The number of anilines is 1. The monoisotopic (exact) mass is 502 g/mol. The molecule has 0 fully saturated rings. The Balaban J connectivity index is 1.88. The smallest absolute Gasteiger partial charge is 0.264 e. The summed E-state index contributed by atoms with van der Waals surface area (Å²) in [5.74, 6) is 0.651. The lowest BCUT2D eigenvalue weighted by atomic mass is 10.1. The van der Waals surface area contributed by atoms with Crippen molar-refractivity contribution in [2.75, 3.05) is 25.1 Å². The van der Waals surface area contributed by atoms with Gasteiger partial charge in [-0.05, 0) is 73.5 Å². The van der Waals surface area contributed by atoms with Crippen LogP contribution in [0.25, 0.3) is 0 Å². The molecule has 0 saturated carbocycles. The summed E-state index contributed by atoms with van der Waals surface area (Å²) in [5, 5.41) is 3.29. The first-order chi connectivity index (χ1) is 16.1. The average molecular weight is 503 g/mol. The Morgan fingerprint density at radius 3 is 2.29 bits per heavy atom. The van der Waals surface area contributed by atoms with Gasteiger partial charge in [-0.25, -0.2) is 8.42 Å². The van der Waals surface area contributed by atoms with Gasteiger partial charge in [-0.2, -0.15) is 0 Å². The highest BCUT2D eigenvalue weighted by molar-refractivity contribution is 7.92. The number of nitrogens with zero attached hydrogens (tertiary/aromatic N) is 1.